The van der Waals surface area contributed by atoms with Crippen LogP contribution in [0.25, 0.3) is 11.4 Å². The van der Waals surface area contributed by atoms with E-state index in [9.17, 15) is 4.79 Å². The second-order valence-electron chi connectivity index (χ2n) is 6.64. The van der Waals surface area contributed by atoms with Gasteiger partial charge in [-0.25, -0.2) is 9.89 Å². The van der Waals surface area contributed by atoms with Crippen molar-refractivity contribution >= 4 is 5.69 Å². The maximum absolute atomic E-state index is 11.5. The average molecular weight is 340 g/mol. The molecule has 1 saturated heterocycles. The third-order valence-corrected chi connectivity index (χ3v) is 4.61. The quantitative estimate of drug-likeness (QED) is 0.779. The summed E-state index contributed by atoms with van der Waals surface area (Å²) in [6, 6.07) is 6.22. The van der Waals surface area contributed by atoms with Gasteiger partial charge < -0.3 is 9.42 Å². The van der Waals surface area contributed by atoms with E-state index in [2.05, 4.69) is 51.2 Å². The fourth-order valence-corrected chi connectivity index (χ4v) is 3.27. The Kier molecular flexibility index (Phi) is 3.87. The van der Waals surface area contributed by atoms with Crippen LogP contribution in [0.5, 0.6) is 0 Å². The van der Waals surface area contributed by atoms with Gasteiger partial charge >= 0.3 is 5.69 Å². The van der Waals surface area contributed by atoms with Gasteiger partial charge in [0.1, 0.15) is 12.9 Å². The molecule has 8 nitrogen and oxygen atoms in total. The molecule has 1 fully saturated rings. The molecule has 3 heterocycles. The predicted molar refractivity (Wildman–Crippen MR) is 92.4 cm³/mol. The van der Waals surface area contributed by atoms with Crippen LogP contribution < -0.4 is 10.6 Å². The normalized spacial score (nSPS) is 17.4. The van der Waals surface area contributed by atoms with Crippen molar-refractivity contribution in [3.05, 3.63) is 46.5 Å². The number of H-pyrrole nitrogens is 1. The Hall–Kier alpha value is -2.90. The number of hydrogen-bond acceptors (Lipinski definition) is 6. The highest BCUT2D eigenvalue weighted by molar-refractivity contribution is 5.64. The Morgan fingerprint density at radius 3 is 2.96 bits per heavy atom. The predicted octanol–water partition coefficient (Wildman–Crippen LogP) is 1.82. The van der Waals surface area contributed by atoms with Gasteiger partial charge in [-0.1, -0.05) is 12.1 Å². The first-order valence-electron chi connectivity index (χ1n) is 8.38. The Balaban J connectivity index is 1.55. The summed E-state index contributed by atoms with van der Waals surface area (Å²) in [5.41, 5.74) is 3.06. The Labute approximate surface area is 144 Å². The molecular formula is C17H20N6O2. The fraction of sp³-hybridized carbons (Fsp3) is 0.412. The van der Waals surface area contributed by atoms with E-state index in [-0.39, 0.29) is 12.2 Å². The fourth-order valence-electron chi connectivity index (χ4n) is 3.27. The minimum atomic E-state index is -0.306. The van der Waals surface area contributed by atoms with E-state index in [1.807, 2.05) is 6.07 Å². The smallest absolute Gasteiger partial charge is 0.343 e. The van der Waals surface area contributed by atoms with E-state index in [1.54, 1.807) is 0 Å². The minimum Gasteiger partial charge on any atom is -0.371 e. The Morgan fingerprint density at radius 2 is 2.28 bits per heavy atom. The molecule has 1 aliphatic rings. The molecule has 0 bridgehead atoms. The molecule has 2 aromatic heterocycles. The van der Waals surface area contributed by atoms with Crippen LogP contribution in [0, 0.1) is 12.8 Å². The lowest BCUT2D eigenvalue weighted by molar-refractivity contribution is 0.370. The highest BCUT2D eigenvalue weighted by Crippen LogP contribution is 2.29. The highest BCUT2D eigenvalue weighted by atomic mass is 16.5. The van der Waals surface area contributed by atoms with E-state index >= 15 is 0 Å². The summed E-state index contributed by atoms with van der Waals surface area (Å²) in [4.78, 5) is 18.3. The van der Waals surface area contributed by atoms with Crippen molar-refractivity contribution in [1.82, 2.24) is 24.9 Å². The molecule has 1 unspecified atom stereocenters. The third-order valence-electron chi connectivity index (χ3n) is 4.61. The molecule has 1 N–H and O–H groups in total. The van der Waals surface area contributed by atoms with Gasteiger partial charge in [-0.3, -0.25) is 4.57 Å². The number of aromatic nitrogens is 5. The maximum atomic E-state index is 11.5. The molecule has 1 atom stereocenters. The second-order valence-corrected chi connectivity index (χ2v) is 6.64. The summed E-state index contributed by atoms with van der Waals surface area (Å²) in [5, 5.41) is 10.0. The van der Waals surface area contributed by atoms with Crippen LogP contribution >= 0.6 is 0 Å². The molecule has 25 heavy (non-hydrogen) atoms. The van der Waals surface area contributed by atoms with Crippen molar-refractivity contribution in [2.75, 3.05) is 18.0 Å². The standard InChI is InChI=1S/C17H20N6O2/c1-11-5-6-22(8-11)14-4-3-13(7-12(14)2)16-19-15(25-21-16)9-23-10-18-20-17(23)24/h3-4,7,10-11H,5-6,8-9H2,1-2H3,(H,20,24). The molecular weight excluding hydrogens is 320 g/mol. The molecule has 0 spiro atoms. The molecule has 0 radical (unpaired) electrons. The van der Waals surface area contributed by atoms with Crippen LogP contribution in [-0.2, 0) is 6.54 Å². The van der Waals surface area contributed by atoms with Gasteiger partial charge in [-0.15, -0.1) is 0 Å². The monoisotopic (exact) mass is 340 g/mol. The third kappa shape index (κ3) is 3.07. The van der Waals surface area contributed by atoms with Crippen molar-refractivity contribution in [2.24, 2.45) is 5.92 Å². The molecule has 130 valence electrons. The molecule has 0 amide bonds. The van der Waals surface area contributed by atoms with Crippen LogP contribution in [0.3, 0.4) is 0 Å². The Bertz CT molecular complexity index is 941. The molecule has 8 heteroatoms. The van der Waals surface area contributed by atoms with Crippen LogP contribution in [0.15, 0.2) is 33.8 Å². The lowest BCUT2D eigenvalue weighted by atomic mass is 10.1. The van der Waals surface area contributed by atoms with Gasteiger partial charge in [-0.05, 0) is 43.0 Å². The van der Waals surface area contributed by atoms with E-state index < -0.39 is 0 Å². The zero-order valence-corrected chi connectivity index (χ0v) is 14.3. The number of nitrogens with zero attached hydrogens (tertiary/aromatic N) is 5. The van der Waals surface area contributed by atoms with E-state index in [0.29, 0.717) is 11.7 Å². The minimum absolute atomic E-state index is 0.199. The topological polar surface area (TPSA) is 92.8 Å². The number of aryl methyl sites for hydroxylation is 1. The highest BCUT2D eigenvalue weighted by Gasteiger charge is 2.20. The molecule has 1 aromatic carbocycles. The number of nitrogens with one attached hydrogen (secondary N) is 1. The maximum Gasteiger partial charge on any atom is 0.343 e. The molecule has 0 aliphatic carbocycles. The average Bonchev–Trinajstić information content (AvgIpc) is 3.31. The first kappa shape index (κ1) is 15.6. The number of aromatic amines is 1. The largest absolute Gasteiger partial charge is 0.371 e. The Morgan fingerprint density at radius 1 is 1.40 bits per heavy atom. The summed E-state index contributed by atoms with van der Waals surface area (Å²) in [6.07, 6.45) is 2.64. The summed E-state index contributed by atoms with van der Waals surface area (Å²) in [7, 11) is 0. The summed E-state index contributed by atoms with van der Waals surface area (Å²) < 4.78 is 6.63. The van der Waals surface area contributed by atoms with Gasteiger partial charge in [0.15, 0.2) is 0 Å². The van der Waals surface area contributed by atoms with Crippen molar-refractivity contribution in [2.45, 2.75) is 26.8 Å². The molecule has 3 aromatic rings. The number of hydrogen-bond donors (Lipinski definition) is 1. The van der Waals surface area contributed by atoms with Crippen LogP contribution in [0.4, 0.5) is 5.69 Å². The first-order valence-corrected chi connectivity index (χ1v) is 8.38. The van der Waals surface area contributed by atoms with Gasteiger partial charge in [-0.2, -0.15) is 10.1 Å². The summed E-state index contributed by atoms with van der Waals surface area (Å²) in [6.45, 7) is 6.80. The number of anilines is 1. The van der Waals surface area contributed by atoms with Gasteiger partial charge in [0, 0.05) is 24.3 Å². The lowest BCUT2D eigenvalue weighted by Gasteiger charge is -2.20. The van der Waals surface area contributed by atoms with Crippen molar-refractivity contribution in [3.63, 3.8) is 0 Å². The SMILES string of the molecule is Cc1cc(-c2noc(Cn3cn[nH]c3=O)n2)ccc1N1CCC(C)C1. The van der Waals surface area contributed by atoms with Gasteiger partial charge in [0.2, 0.25) is 11.7 Å². The first-order chi connectivity index (χ1) is 12.1. The number of benzene rings is 1. The van der Waals surface area contributed by atoms with E-state index in [1.165, 1.54) is 28.6 Å². The zero-order chi connectivity index (χ0) is 17.4. The lowest BCUT2D eigenvalue weighted by Crippen LogP contribution is -2.19. The molecule has 0 saturated carbocycles. The molecule has 4 rings (SSSR count). The van der Waals surface area contributed by atoms with Crippen molar-refractivity contribution in [3.8, 4) is 11.4 Å². The second kappa shape index (κ2) is 6.19. The molecule has 1 aliphatic heterocycles. The van der Waals surface area contributed by atoms with E-state index in [0.717, 1.165) is 24.6 Å². The summed E-state index contributed by atoms with van der Waals surface area (Å²) in [5.74, 6) is 1.63. The number of rotatable bonds is 4. The van der Waals surface area contributed by atoms with Gasteiger partial charge in [0.05, 0.1) is 0 Å². The zero-order valence-electron chi connectivity index (χ0n) is 14.3. The van der Waals surface area contributed by atoms with Crippen LogP contribution in [0.1, 0.15) is 24.8 Å². The van der Waals surface area contributed by atoms with Crippen LogP contribution in [-0.4, -0.2) is 38.0 Å². The summed E-state index contributed by atoms with van der Waals surface area (Å²) >= 11 is 0. The van der Waals surface area contributed by atoms with Crippen molar-refractivity contribution < 1.29 is 4.52 Å². The van der Waals surface area contributed by atoms with E-state index in [4.69, 9.17) is 4.52 Å². The van der Waals surface area contributed by atoms with Crippen LogP contribution in [0.2, 0.25) is 0 Å². The van der Waals surface area contributed by atoms with Crippen molar-refractivity contribution in [1.29, 1.82) is 0 Å². The van der Waals surface area contributed by atoms with Gasteiger partial charge in [0.25, 0.3) is 0 Å².